The van der Waals surface area contributed by atoms with Crippen LogP contribution in [0.3, 0.4) is 0 Å². The van der Waals surface area contributed by atoms with E-state index in [-0.39, 0.29) is 0 Å². The standard InChI is InChI=1S/C7H14B/c1-2-3-6-8-7-4-5-7/h7H,2-6H2,1H3. The van der Waals surface area contributed by atoms with Crippen molar-refractivity contribution in [1.29, 1.82) is 0 Å². The summed E-state index contributed by atoms with van der Waals surface area (Å²) in [5, 5.41) is 0. The molecule has 1 aliphatic rings. The van der Waals surface area contributed by atoms with Crippen molar-refractivity contribution in [2.75, 3.05) is 0 Å². The lowest BCUT2D eigenvalue weighted by atomic mass is 9.68. The first-order valence-electron chi connectivity index (χ1n) is 3.77. The molecule has 0 N–H and O–H groups in total. The Labute approximate surface area is 52.9 Å². The third-order valence-corrected chi connectivity index (χ3v) is 1.68. The molecule has 0 unspecified atom stereocenters. The van der Waals surface area contributed by atoms with Crippen LogP contribution in [0.15, 0.2) is 0 Å². The van der Waals surface area contributed by atoms with E-state index in [1.807, 2.05) is 0 Å². The zero-order valence-electron chi connectivity index (χ0n) is 5.69. The van der Waals surface area contributed by atoms with Gasteiger partial charge in [-0.3, -0.25) is 0 Å². The van der Waals surface area contributed by atoms with Gasteiger partial charge in [0, 0.05) is 0 Å². The third kappa shape index (κ3) is 2.39. The van der Waals surface area contributed by atoms with E-state index >= 15 is 0 Å². The quantitative estimate of drug-likeness (QED) is 0.384. The molecular weight excluding hydrogens is 94.9 g/mol. The number of rotatable bonds is 4. The molecule has 0 heterocycles. The second kappa shape index (κ2) is 3.16. The first-order valence-corrected chi connectivity index (χ1v) is 3.77. The van der Waals surface area contributed by atoms with Crippen LogP contribution in [0.2, 0.25) is 12.1 Å². The lowest BCUT2D eigenvalue weighted by molar-refractivity contribution is 0.876. The van der Waals surface area contributed by atoms with Gasteiger partial charge in [-0.1, -0.05) is 44.7 Å². The lowest BCUT2D eigenvalue weighted by Gasteiger charge is -1.90. The van der Waals surface area contributed by atoms with Gasteiger partial charge in [0.05, 0.1) is 0 Å². The average Bonchev–Trinajstić information content (AvgIpc) is 2.51. The van der Waals surface area contributed by atoms with E-state index in [2.05, 4.69) is 14.2 Å². The molecule has 0 bridgehead atoms. The highest BCUT2D eigenvalue weighted by molar-refractivity contribution is 6.38. The van der Waals surface area contributed by atoms with Crippen molar-refractivity contribution >= 4 is 7.28 Å². The van der Waals surface area contributed by atoms with Crippen LogP contribution >= 0.6 is 0 Å². The molecule has 0 nitrogen and oxygen atoms in total. The minimum atomic E-state index is 1.03. The molecule has 1 aliphatic carbocycles. The van der Waals surface area contributed by atoms with Gasteiger partial charge in [0.15, 0.2) is 0 Å². The Balaban J connectivity index is 1.74. The molecule has 8 heavy (non-hydrogen) atoms. The largest absolute Gasteiger partial charge is 0.113 e. The smallest absolute Gasteiger partial charge is 0.0800 e. The molecular formula is C7H14B. The summed E-state index contributed by atoms with van der Waals surface area (Å²) in [6.45, 7) is 2.25. The molecule has 1 rings (SSSR count). The molecule has 45 valence electrons. The van der Waals surface area contributed by atoms with Crippen molar-refractivity contribution in [3.63, 3.8) is 0 Å². The Kier molecular flexibility index (Phi) is 2.45. The van der Waals surface area contributed by atoms with Crippen LogP contribution in [-0.4, -0.2) is 7.28 Å². The molecule has 1 heteroatoms. The maximum atomic E-state index is 2.49. The van der Waals surface area contributed by atoms with Crippen molar-refractivity contribution in [1.82, 2.24) is 0 Å². The molecule has 0 saturated heterocycles. The summed E-state index contributed by atoms with van der Waals surface area (Å²) in [6, 6.07) is 0. The van der Waals surface area contributed by atoms with Crippen molar-refractivity contribution in [2.45, 2.75) is 44.7 Å². The summed E-state index contributed by atoms with van der Waals surface area (Å²) >= 11 is 0. The third-order valence-electron chi connectivity index (χ3n) is 1.68. The molecule has 1 fully saturated rings. The zero-order valence-corrected chi connectivity index (χ0v) is 5.69. The Morgan fingerprint density at radius 3 is 2.75 bits per heavy atom. The fourth-order valence-corrected chi connectivity index (χ4v) is 0.890. The van der Waals surface area contributed by atoms with E-state index in [0.29, 0.717) is 0 Å². The van der Waals surface area contributed by atoms with Crippen molar-refractivity contribution in [3.8, 4) is 0 Å². The van der Waals surface area contributed by atoms with Crippen molar-refractivity contribution < 1.29 is 0 Å². The van der Waals surface area contributed by atoms with Crippen molar-refractivity contribution in [2.24, 2.45) is 0 Å². The van der Waals surface area contributed by atoms with Gasteiger partial charge in [0.1, 0.15) is 7.28 Å². The highest BCUT2D eigenvalue weighted by Crippen LogP contribution is 2.35. The van der Waals surface area contributed by atoms with Crippen LogP contribution in [0.1, 0.15) is 32.6 Å². The lowest BCUT2D eigenvalue weighted by Crippen LogP contribution is -1.85. The zero-order chi connectivity index (χ0) is 5.82. The van der Waals surface area contributed by atoms with Gasteiger partial charge in [-0.2, -0.15) is 0 Å². The molecule has 0 aromatic carbocycles. The summed E-state index contributed by atoms with van der Waals surface area (Å²) in [5.41, 5.74) is 0. The maximum Gasteiger partial charge on any atom is 0.113 e. The van der Waals surface area contributed by atoms with E-state index in [0.717, 1.165) is 5.82 Å². The van der Waals surface area contributed by atoms with E-state index in [1.54, 1.807) is 0 Å². The Hall–Kier alpha value is 0.0649. The first kappa shape index (κ1) is 6.19. The van der Waals surface area contributed by atoms with E-state index < -0.39 is 0 Å². The van der Waals surface area contributed by atoms with Crippen LogP contribution < -0.4 is 0 Å². The Morgan fingerprint density at radius 1 is 1.50 bits per heavy atom. The van der Waals surface area contributed by atoms with Crippen LogP contribution in [-0.2, 0) is 0 Å². The van der Waals surface area contributed by atoms with Gasteiger partial charge in [0.2, 0.25) is 0 Å². The molecule has 0 aliphatic heterocycles. The highest BCUT2D eigenvalue weighted by atomic mass is 14.1. The van der Waals surface area contributed by atoms with Gasteiger partial charge in [0.25, 0.3) is 0 Å². The number of hydrogen-bond donors (Lipinski definition) is 0. The fourth-order valence-electron chi connectivity index (χ4n) is 0.890. The Morgan fingerprint density at radius 2 is 2.25 bits per heavy atom. The second-order valence-electron chi connectivity index (χ2n) is 2.72. The van der Waals surface area contributed by atoms with Crippen LogP contribution in [0.4, 0.5) is 0 Å². The SMILES string of the molecule is CCCC[B]C1CC1. The van der Waals surface area contributed by atoms with Gasteiger partial charge >= 0.3 is 0 Å². The molecule has 1 radical (unpaired) electrons. The van der Waals surface area contributed by atoms with Gasteiger partial charge < -0.3 is 0 Å². The highest BCUT2D eigenvalue weighted by Gasteiger charge is 2.20. The predicted octanol–water partition coefficient (Wildman–Crippen LogP) is 2.49. The molecule has 0 aromatic heterocycles. The monoisotopic (exact) mass is 109 g/mol. The van der Waals surface area contributed by atoms with Crippen LogP contribution in [0, 0.1) is 0 Å². The van der Waals surface area contributed by atoms with E-state index in [1.165, 1.54) is 32.0 Å². The number of hydrogen-bond acceptors (Lipinski definition) is 0. The van der Waals surface area contributed by atoms with E-state index in [4.69, 9.17) is 0 Å². The fraction of sp³-hybridized carbons (Fsp3) is 1.00. The summed E-state index contributed by atoms with van der Waals surface area (Å²) in [5.74, 6) is 1.03. The summed E-state index contributed by atoms with van der Waals surface area (Å²) in [7, 11) is 2.49. The van der Waals surface area contributed by atoms with E-state index in [9.17, 15) is 0 Å². The van der Waals surface area contributed by atoms with Gasteiger partial charge in [-0.05, 0) is 0 Å². The normalized spacial score (nSPS) is 18.6. The predicted molar refractivity (Wildman–Crippen MR) is 38.5 cm³/mol. The van der Waals surface area contributed by atoms with Gasteiger partial charge in [-0.25, -0.2) is 0 Å². The van der Waals surface area contributed by atoms with Crippen molar-refractivity contribution in [3.05, 3.63) is 0 Å². The maximum absolute atomic E-state index is 2.49. The summed E-state index contributed by atoms with van der Waals surface area (Å²) in [6.07, 6.45) is 7.06. The second-order valence-corrected chi connectivity index (χ2v) is 2.72. The minimum Gasteiger partial charge on any atom is -0.0800 e. The molecule has 0 amide bonds. The first-order chi connectivity index (χ1) is 3.93. The summed E-state index contributed by atoms with van der Waals surface area (Å²) in [4.78, 5) is 0. The van der Waals surface area contributed by atoms with Crippen LogP contribution in [0.25, 0.3) is 0 Å². The summed E-state index contributed by atoms with van der Waals surface area (Å²) < 4.78 is 0. The molecule has 0 aromatic rings. The molecule has 0 atom stereocenters. The topological polar surface area (TPSA) is 0 Å². The number of unbranched alkanes of at least 4 members (excludes halogenated alkanes) is 1. The average molecular weight is 109 g/mol. The van der Waals surface area contributed by atoms with Crippen LogP contribution in [0.5, 0.6) is 0 Å². The van der Waals surface area contributed by atoms with Gasteiger partial charge in [-0.15, -0.1) is 0 Å². The minimum absolute atomic E-state index is 1.03. The Bertz CT molecular complexity index is 57.4. The molecule has 0 spiro atoms. The molecule has 1 saturated carbocycles.